The van der Waals surface area contributed by atoms with Crippen molar-refractivity contribution in [2.75, 3.05) is 6.54 Å². The van der Waals surface area contributed by atoms with E-state index < -0.39 is 12.7 Å². The molecule has 15 heavy (non-hydrogen) atoms. The lowest BCUT2D eigenvalue weighted by Gasteiger charge is -2.17. The summed E-state index contributed by atoms with van der Waals surface area (Å²) < 4.78 is 35.6. The fourth-order valence-corrected chi connectivity index (χ4v) is 1.56. The summed E-state index contributed by atoms with van der Waals surface area (Å²) in [5, 5.41) is 2.50. The second-order valence-corrected chi connectivity index (χ2v) is 4.37. The van der Waals surface area contributed by atoms with E-state index in [4.69, 9.17) is 0 Å². The Kier molecular flexibility index (Phi) is 6.98. The van der Waals surface area contributed by atoms with E-state index in [0.29, 0.717) is 5.92 Å². The molecule has 0 spiro atoms. The zero-order valence-corrected chi connectivity index (χ0v) is 9.82. The van der Waals surface area contributed by atoms with Crippen LogP contribution >= 0.6 is 0 Å². The van der Waals surface area contributed by atoms with Gasteiger partial charge in [0.25, 0.3) is 0 Å². The molecule has 4 heteroatoms. The van der Waals surface area contributed by atoms with Crippen molar-refractivity contribution in [1.29, 1.82) is 0 Å². The Morgan fingerprint density at radius 3 is 2.13 bits per heavy atom. The van der Waals surface area contributed by atoms with Crippen LogP contribution in [0.2, 0.25) is 0 Å². The Morgan fingerprint density at radius 2 is 1.67 bits per heavy atom. The highest BCUT2D eigenvalue weighted by atomic mass is 19.4. The number of alkyl halides is 3. The molecular formula is C11H22F3N. The summed E-state index contributed by atoms with van der Waals surface area (Å²) in [6.07, 6.45) is 0.0257. The molecule has 0 saturated carbocycles. The van der Waals surface area contributed by atoms with Crippen molar-refractivity contribution in [3.63, 3.8) is 0 Å². The van der Waals surface area contributed by atoms with E-state index >= 15 is 0 Å². The monoisotopic (exact) mass is 225 g/mol. The van der Waals surface area contributed by atoms with Gasteiger partial charge in [-0.15, -0.1) is 0 Å². The molecule has 0 rings (SSSR count). The van der Waals surface area contributed by atoms with Crippen molar-refractivity contribution in [3.8, 4) is 0 Å². The molecule has 1 nitrogen and oxygen atoms in total. The third-order valence-corrected chi connectivity index (χ3v) is 2.52. The summed E-state index contributed by atoms with van der Waals surface area (Å²) in [6.45, 7) is 5.21. The second kappa shape index (κ2) is 7.09. The predicted molar refractivity (Wildman–Crippen MR) is 56.8 cm³/mol. The van der Waals surface area contributed by atoms with E-state index in [1.807, 2.05) is 6.92 Å². The van der Waals surface area contributed by atoms with Crippen LogP contribution in [0.4, 0.5) is 13.2 Å². The Bertz CT molecular complexity index is 156. The Hall–Kier alpha value is -0.250. The Labute approximate surface area is 90.4 Å². The van der Waals surface area contributed by atoms with Crippen LogP contribution in [0.3, 0.4) is 0 Å². The fourth-order valence-electron chi connectivity index (χ4n) is 1.56. The average molecular weight is 225 g/mol. The lowest BCUT2D eigenvalue weighted by Crippen LogP contribution is -2.35. The largest absolute Gasteiger partial charge is 0.401 e. The van der Waals surface area contributed by atoms with Crippen LogP contribution in [0.25, 0.3) is 0 Å². The zero-order valence-electron chi connectivity index (χ0n) is 9.82. The van der Waals surface area contributed by atoms with Crippen molar-refractivity contribution >= 4 is 0 Å². The highest BCUT2D eigenvalue weighted by Crippen LogP contribution is 2.15. The van der Waals surface area contributed by atoms with Gasteiger partial charge in [-0.2, -0.15) is 13.2 Å². The Balaban J connectivity index is 3.53. The molecule has 2 unspecified atom stereocenters. The molecule has 1 N–H and O–H groups in total. The molecule has 0 aromatic heterocycles. The van der Waals surface area contributed by atoms with Gasteiger partial charge >= 0.3 is 6.18 Å². The van der Waals surface area contributed by atoms with E-state index in [-0.39, 0.29) is 6.04 Å². The van der Waals surface area contributed by atoms with Crippen LogP contribution < -0.4 is 5.32 Å². The van der Waals surface area contributed by atoms with Gasteiger partial charge in [-0.05, 0) is 25.7 Å². The molecule has 0 fully saturated rings. The first-order valence-electron chi connectivity index (χ1n) is 5.65. The first-order chi connectivity index (χ1) is 6.85. The van der Waals surface area contributed by atoms with Crippen molar-refractivity contribution in [1.82, 2.24) is 5.32 Å². The number of rotatable bonds is 7. The summed E-state index contributed by atoms with van der Waals surface area (Å²) in [5.74, 6) is 0.616. The first kappa shape index (κ1) is 14.8. The molecule has 0 bridgehead atoms. The average Bonchev–Trinajstić information content (AvgIpc) is 2.11. The maximum Gasteiger partial charge on any atom is 0.401 e. The van der Waals surface area contributed by atoms with E-state index in [1.54, 1.807) is 0 Å². The van der Waals surface area contributed by atoms with Gasteiger partial charge < -0.3 is 5.32 Å². The van der Waals surface area contributed by atoms with Gasteiger partial charge in [-0.3, -0.25) is 0 Å². The van der Waals surface area contributed by atoms with Gasteiger partial charge in [-0.25, -0.2) is 0 Å². The third-order valence-electron chi connectivity index (χ3n) is 2.52. The van der Waals surface area contributed by atoms with Gasteiger partial charge in [0.15, 0.2) is 0 Å². The van der Waals surface area contributed by atoms with Crippen LogP contribution in [0, 0.1) is 5.92 Å². The molecule has 0 aromatic carbocycles. The quantitative estimate of drug-likeness (QED) is 0.696. The van der Waals surface area contributed by atoms with Gasteiger partial charge in [0.2, 0.25) is 0 Å². The molecule has 0 aromatic rings. The van der Waals surface area contributed by atoms with Crippen LogP contribution in [0.5, 0.6) is 0 Å². The van der Waals surface area contributed by atoms with Crippen molar-refractivity contribution in [2.24, 2.45) is 5.92 Å². The molecule has 2 atom stereocenters. The number of hydrogen-bond acceptors (Lipinski definition) is 1. The highest BCUT2D eigenvalue weighted by Gasteiger charge is 2.27. The van der Waals surface area contributed by atoms with E-state index in [9.17, 15) is 13.2 Å². The maximum atomic E-state index is 11.9. The van der Waals surface area contributed by atoms with Crippen molar-refractivity contribution in [2.45, 2.75) is 58.7 Å². The normalized spacial score (nSPS) is 16.4. The van der Waals surface area contributed by atoms with Crippen molar-refractivity contribution in [3.05, 3.63) is 0 Å². The summed E-state index contributed by atoms with van der Waals surface area (Å²) in [7, 11) is 0. The number of hydrogen-bond donors (Lipinski definition) is 1. The molecule has 0 aliphatic heterocycles. The molecule has 0 aliphatic carbocycles. The molecule has 0 saturated heterocycles. The number of nitrogens with one attached hydrogen (secondary N) is 1. The number of halogens is 3. The summed E-state index contributed by atoms with van der Waals surface area (Å²) in [4.78, 5) is 0. The lowest BCUT2D eigenvalue weighted by molar-refractivity contribution is -0.126. The Morgan fingerprint density at radius 1 is 1.07 bits per heavy atom. The van der Waals surface area contributed by atoms with Crippen LogP contribution in [0.15, 0.2) is 0 Å². The first-order valence-corrected chi connectivity index (χ1v) is 5.65. The van der Waals surface area contributed by atoms with Crippen LogP contribution in [0.1, 0.15) is 46.5 Å². The van der Waals surface area contributed by atoms with E-state index in [2.05, 4.69) is 19.2 Å². The molecule has 92 valence electrons. The predicted octanol–water partition coefficient (Wildman–Crippen LogP) is 3.74. The van der Waals surface area contributed by atoms with Gasteiger partial charge in [0.1, 0.15) is 0 Å². The third kappa shape index (κ3) is 10.0. The van der Waals surface area contributed by atoms with Crippen molar-refractivity contribution < 1.29 is 13.2 Å². The molecular weight excluding hydrogens is 203 g/mol. The minimum Gasteiger partial charge on any atom is -0.306 e. The molecule has 0 aliphatic rings. The SMILES string of the molecule is CCCC(C)CCC(C)NCC(F)(F)F. The minimum atomic E-state index is -4.09. The van der Waals surface area contributed by atoms with E-state index in [1.165, 1.54) is 0 Å². The van der Waals surface area contributed by atoms with Gasteiger partial charge in [-0.1, -0.05) is 26.7 Å². The molecule has 0 heterocycles. The zero-order chi connectivity index (χ0) is 11.9. The van der Waals surface area contributed by atoms with Gasteiger partial charge in [0, 0.05) is 6.04 Å². The van der Waals surface area contributed by atoms with Gasteiger partial charge in [0.05, 0.1) is 6.54 Å². The standard InChI is InChI=1S/C11H22F3N/c1-4-5-9(2)6-7-10(3)15-8-11(12,13)14/h9-10,15H,4-8H2,1-3H3. The highest BCUT2D eigenvalue weighted by molar-refractivity contribution is 4.65. The minimum absolute atomic E-state index is 0.0501. The molecule has 0 radical (unpaired) electrons. The maximum absolute atomic E-state index is 11.9. The smallest absolute Gasteiger partial charge is 0.306 e. The lowest BCUT2D eigenvalue weighted by atomic mass is 9.98. The molecule has 0 amide bonds. The van der Waals surface area contributed by atoms with Crippen LogP contribution in [-0.2, 0) is 0 Å². The van der Waals surface area contributed by atoms with Crippen LogP contribution in [-0.4, -0.2) is 18.8 Å². The second-order valence-electron chi connectivity index (χ2n) is 4.37. The fraction of sp³-hybridized carbons (Fsp3) is 1.00. The topological polar surface area (TPSA) is 12.0 Å². The summed E-state index contributed by atoms with van der Waals surface area (Å²) in [5.41, 5.74) is 0. The summed E-state index contributed by atoms with van der Waals surface area (Å²) >= 11 is 0. The summed E-state index contributed by atoms with van der Waals surface area (Å²) in [6, 6.07) is -0.0501. The van der Waals surface area contributed by atoms with E-state index in [0.717, 1.165) is 25.7 Å².